The fourth-order valence-corrected chi connectivity index (χ4v) is 3.63. The number of nitrogens with one attached hydrogen (secondary N) is 1. The Balaban J connectivity index is 1.90. The van der Waals surface area contributed by atoms with Gasteiger partial charge in [-0.1, -0.05) is 0 Å². The smallest absolute Gasteiger partial charge is 0.225 e. The van der Waals surface area contributed by atoms with Crippen molar-refractivity contribution in [1.29, 1.82) is 0 Å². The molecule has 0 radical (unpaired) electrons. The van der Waals surface area contributed by atoms with E-state index in [0.717, 1.165) is 36.9 Å². The second-order valence-electron chi connectivity index (χ2n) is 4.45. The molecule has 1 aliphatic rings. The highest BCUT2D eigenvalue weighted by molar-refractivity contribution is 9.10. The summed E-state index contributed by atoms with van der Waals surface area (Å²) in [6, 6.07) is 2.08. The fourth-order valence-electron chi connectivity index (χ4n) is 2.13. The SMILES string of the molecule is CN(Cc1cc(Br)cs1)C(=O)C1CCNCC1. The molecular formula is C12H17BrN2OS. The number of piperidine rings is 1. The minimum atomic E-state index is 0.213. The van der Waals surface area contributed by atoms with Gasteiger partial charge in [0.05, 0.1) is 6.54 Å². The molecule has 3 nitrogen and oxygen atoms in total. The summed E-state index contributed by atoms with van der Waals surface area (Å²) in [5.41, 5.74) is 0. The van der Waals surface area contributed by atoms with E-state index < -0.39 is 0 Å². The quantitative estimate of drug-likeness (QED) is 0.929. The van der Waals surface area contributed by atoms with Crippen LogP contribution in [0, 0.1) is 5.92 Å². The van der Waals surface area contributed by atoms with E-state index in [4.69, 9.17) is 0 Å². The zero-order valence-electron chi connectivity index (χ0n) is 9.91. The van der Waals surface area contributed by atoms with Crippen LogP contribution >= 0.6 is 27.3 Å². The monoisotopic (exact) mass is 316 g/mol. The molecule has 1 aromatic heterocycles. The molecule has 0 bridgehead atoms. The first-order valence-electron chi connectivity index (χ1n) is 5.85. The maximum Gasteiger partial charge on any atom is 0.225 e. The lowest BCUT2D eigenvalue weighted by Crippen LogP contribution is -2.38. The molecule has 1 fully saturated rings. The van der Waals surface area contributed by atoms with Gasteiger partial charge in [-0.15, -0.1) is 11.3 Å². The highest BCUT2D eigenvalue weighted by Gasteiger charge is 2.23. The van der Waals surface area contributed by atoms with Crippen molar-refractivity contribution in [1.82, 2.24) is 10.2 Å². The van der Waals surface area contributed by atoms with Crippen LogP contribution in [0.15, 0.2) is 15.9 Å². The van der Waals surface area contributed by atoms with Crippen molar-refractivity contribution in [3.63, 3.8) is 0 Å². The number of hydrogen-bond donors (Lipinski definition) is 1. The fraction of sp³-hybridized carbons (Fsp3) is 0.583. The maximum absolute atomic E-state index is 12.2. The molecule has 0 aromatic carbocycles. The number of amides is 1. The summed E-state index contributed by atoms with van der Waals surface area (Å²) in [6.07, 6.45) is 1.94. The lowest BCUT2D eigenvalue weighted by Gasteiger charge is -2.26. The van der Waals surface area contributed by atoms with E-state index in [1.807, 2.05) is 11.9 Å². The van der Waals surface area contributed by atoms with Crippen molar-refractivity contribution >= 4 is 33.2 Å². The van der Waals surface area contributed by atoms with Crippen molar-refractivity contribution in [2.24, 2.45) is 5.92 Å². The summed E-state index contributed by atoms with van der Waals surface area (Å²) in [4.78, 5) is 15.3. The largest absolute Gasteiger partial charge is 0.340 e. The van der Waals surface area contributed by atoms with Gasteiger partial charge in [0.1, 0.15) is 0 Å². The van der Waals surface area contributed by atoms with Crippen molar-refractivity contribution in [3.8, 4) is 0 Å². The van der Waals surface area contributed by atoms with Crippen molar-refractivity contribution in [2.75, 3.05) is 20.1 Å². The lowest BCUT2D eigenvalue weighted by atomic mass is 9.97. The van der Waals surface area contributed by atoms with Crippen LogP contribution in [-0.4, -0.2) is 30.9 Å². The summed E-state index contributed by atoms with van der Waals surface area (Å²) < 4.78 is 1.10. The normalized spacial score (nSPS) is 17.1. The Hall–Kier alpha value is -0.390. The van der Waals surface area contributed by atoms with E-state index in [2.05, 4.69) is 32.7 Å². The number of nitrogens with zero attached hydrogens (tertiary/aromatic N) is 1. The Labute approximate surface area is 114 Å². The minimum Gasteiger partial charge on any atom is -0.340 e. The van der Waals surface area contributed by atoms with Gasteiger partial charge in [0.2, 0.25) is 5.91 Å². The molecule has 0 saturated carbocycles. The van der Waals surface area contributed by atoms with Crippen LogP contribution in [-0.2, 0) is 11.3 Å². The van der Waals surface area contributed by atoms with Gasteiger partial charge in [-0.05, 0) is 47.9 Å². The third-order valence-corrected chi connectivity index (χ3v) is 4.76. The van der Waals surface area contributed by atoms with E-state index in [9.17, 15) is 4.79 Å². The average molecular weight is 317 g/mol. The number of hydrogen-bond acceptors (Lipinski definition) is 3. The molecule has 0 spiro atoms. The Bertz CT molecular complexity index is 388. The molecule has 0 aliphatic carbocycles. The average Bonchev–Trinajstić information content (AvgIpc) is 2.75. The van der Waals surface area contributed by atoms with Crippen LogP contribution in [0.4, 0.5) is 0 Å². The molecule has 1 aromatic rings. The highest BCUT2D eigenvalue weighted by Crippen LogP contribution is 2.22. The van der Waals surface area contributed by atoms with Crippen LogP contribution in [0.1, 0.15) is 17.7 Å². The molecule has 5 heteroatoms. The van der Waals surface area contributed by atoms with Crippen molar-refractivity contribution in [2.45, 2.75) is 19.4 Å². The predicted molar refractivity (Wildman–Crippen MR) is 74.1 cm³/mol. The van der Waals surface area contributed by atoms with Crippen molar-refractivity contribution < 1.29 is 4.79 Å². The molecule has 2 heterocycles. The zero-order valence-corrected chi connectivity index (χ0v) is 12.3. The first-order chi connectivity index (χ1) is 8.16. The number of thiophene rings is 1. The molecule has 1 aliphatic heterocycles. The molecular weight excluding hydrogens is 300 g/mol. The topological polar surface area (TPSA) is 32.3 Å². The molecule has 17 heavy (non-hydrogen) atoms. The highest BCUT2D eigenvalue weighted by atomic mass is 79.9. The summed E-state index contributed by atoms with van der Waals surface area (Å²) >= 11 is 5.12. The zero-order chi connectivity index (χ0) is 12.3. The number of carbonyl (C=O) groups is 1. The van der Waals surface area contributed by atoms with Crippen LogP contribution in [0.2, 0.25) is 0 Å². The van der Waals surface area contributed by atoms with E-state index in [1.165, 1.54) is 4.88 Å². The van der Waals surface area contributed by atoms with E-state index >= 15 is 0 Å². The second-order valence-corrected chi connectivity index (χ2v) is 6.36. The van der Waals surface area contributed by atoms with Gasteiger partial charge < -0.3 is 10.2 Å². The maximum atomic E-state index is 12.2. The molecule has 2 rings (SSSR count). The van der Waals surface area contributed by atoms with Crippen LogP contribution in [0.5, 0.6) is 0 Å². The number of halogens is 1. The predicted octanol–water partition coefficient (Wildman–Crippen LogP) is 2.47. The third kappa shape index (κ3) is 3.53. The van der Waals surface area contributed by atoms with E-state index in [-0.39, 0.29) is 11.8 Å². The summed E-state index contributed by atoms with van der Waals surface area (Å²) in [5.74, 6) is 0.501. The van der Waals surface area contributed by atoms with Gasteiger partial charge in [-0.2, -0.15) is 0 Å². The summed E-state index contributed by atoms with van der Waals surface area (Å²) in [7, 11) is 1.90. The second kappa shape index (κ2) is 5.98. The van der Waals surface area contributed by atoms with Gasteiger partial charge >= 0.3 is 0 Å². The number of carbonyl (C=O) groups excluding carboxylic acids is 1. The first-order valence-corrected chi connectivity index (χ1v) is 7.52. The van der Waals surface area contributed by atoms with Crippen LogP contribution < -0.4 is 5.32 Å². The molecule has 0 atom stereocenters. The molecule has 1 amide bonds. The molecule has 0 unspecified atom stereocenters. The lowest BCUT2D eigenvalue weighted by molar-refractivity contribution is -0.135. The first kappa shape index (κ1) is 13.1. The molecule has 94 valence electrons. The van der Waals surface area contributed by atoms with E-state index in [0.29, 0.717) is 0 Å². The van der Waals surface area contributed by atoms with Crippen LogP contribution in [0.25, 0.3) is 0 Å². The van der Waals surface area contributed by atoms with Crippen molar-refractivity contribution in [3.05, 3.63) is 20.8 Å². The Morgan fingerprint density at radius 3 is 2.88 bits per heavy atom. The Morgan fingerprint density at radius 1 is 1.59 bits per heavy atom. The minimum absolute atomic E-state index is 0.213. The molecule has 1 saturated heterocycles. The van der Waals surface area contributed by atoms with Gasteiger partial charge in [-0.25, -0.2) is 0 Å². The summed E-state index contributed by atoms with van der Waals surface area (Å²) in [6.45, 7) is 2.66. The van der Waals surface area contributed by atoms with Gasteiger partial charge in [0.25, 0.3) is 0 Å². The van der Waals surface area contributed by atoms with Gasteiger partial charge in [0.15, 0.2) is 0 Å². The third-order valence-electron chi connectivity index (χ3n) is 3.08. The molecule has 1 N–H and O–H groups in total. The van der Waals surface area contributed by atoms with E-state index in [1.54, 1.807) is 11.3 Å². The van der Waals surface area contributed by atoms with Gasteiger partial charge in [0, 0.05) is 27.7 Å². The van der Waals surface area contributed by atoms with Crippen LogP contribution in [0.3, 0.4) is 0 Å². The Kier molecular flexibility index (Phi) is 4.59. The Morgan fingerprint density at radius 2 is 2.29 bits per heavy atom. The standard InChI is InChI=1S/C12H17BrN2OS/c1-15(7-11-6-10(13)8-17-11)12(16)9-2-4-14-5-3-9/h6,8-9,14H,2-5,7H2,1H3. The summed E-state index contributed by atoms with van der Waals surface area (Å²) in [5, 5.41) is 5.34. The van der Waals surface area contributed by atoms with Gasteiger partial charge in [-0.3, -0.25) is 4.79 Å². The number of rotatable bonds is 3.